The lowest BCUT2D eigenvalue weighted by molar-refractivity contribution is -0.681. The van der Waals surface area contributed by atoms with Crippen molar-refractivity contribution < 1.29 is 33.6 Å². The highest BCUT2D eigenvalue weighted by Crippen LogP contribution is 2.34. The summed E-state index contributed by atoms with van der Waals surface area (Å²) in [5.74, 6) is -2.50. The molecule has 7 N–H and O–H groups in total. The third-order valence-corrected chi connectivity index (χ3v) is 8.32. The zero-order valence-corrected chi connectivity index (χ0v) is 27.9. The molecule has 2 atom stereocenters. The Kier molecular flexibility index (Phi) is 11.9. The highest BCUT2D eigenvalue weighted by atomic mass is 16.5. The van der Waals surface area contributed by atoms with Gasteiger partial charge in [-0.2, -0.15) is 0 Å². The Morgan fingerprint density at radius 2 is 1.73 bits per heavy atom. The first-order chi connectivity index (χ1) is 22.9. The van der Waals surface area contributed by atoms with E-state index in [-0.39, 0.29) is 23.5 Å². The van der Waals surface area contributed by atoms with Crippen LogP contribution in [0.25, 0.3) is 0 Å². The molecule has 0 spiro atoms. The van der Waals surface area contributed by atoms with Crippen LogP contribution < -0.4 is 31.4 Å². The first-order valence-electron chi connectivity index (χ1n) is 16.0. The molecule has 1 aliphatic rings. The fourth-order valence-corrected chi connectivity index (χ4v) is 5.64. The van der Waals surface area contributed by atoms with E-state index >= 15 is 0 Å². The highest BCUT2D eigenvalue weighted by Gasteiger charge is 2.34. The molecular formula is C34H45N8O6+. The molecule has 3 heterocycles. The minimum atomic E-state index is -1.60. The van der Waals surface area contributed by atoms with Crippen LogP contribution in [-0.4, -0.2) is 77.4 Å². The van der Waals surface area contributed by atoms with Gasteiger partial charge in [-0.25, -0.2) is 14.3 Å². The van der Waals surface area contributed by atoms with Crippen molar-refractivity contribution in [3.8, 4) is 5.75 Å². The van der Waals surface area contributed by atoms with Crippen molar-refractivity contribution in [3.63, 3.8) is 0 Å². The second kappa shape index (κ2) is 16.0. The number of carboxylic acids is 1. The fourth-order valence-electron chi connectivity index (χ4n) is 5.64. The Balaban J connectivity index is 1.45. The third-order valence-electron chi connectivity index (χ3n) is 8.32. The van der Waals surface area contributed by atoms with E-state index < -0.39 is 23.7 Å². The average Bonchev–Trinajstić information content (AvgIpc) is 3.05. The Bertz CT molecular complexity index is 1650. The Morgan fingerprint density at radius 3 is 2.40 bits per heavy atom. The number of nitrogens with one attached hydrogen (secondary N) is 2. The number of rotatable bonds is 11. The molecule has 1 aromatic carbocycles. The Morgan fingerprint density at radius 1 is 1.04 bits per heavy atom. The van der Waals surface area contributed by atoms with Gasteiger partial charge in [-0.3, -0.25) is 20.1 Å². The summed E-state index contributed by atoms with van der Waals surface area (Å²) in [6.07, 6.45) is 5.50. The van der Waals surface area contributed by atoms with E-state index in [0.717, 1.165) is 36.3 Å². The maximum absolute atomic E-state index is 13.6. The highest BCUT2D eigenvalue weighted by molar-refractivity contribution is 6.39. The third kappa shape index (κ3) is 9.18. The van der Waals surface area contributed by atoms with E-state index in [2.05, 4.69) is 22.5 Å². The van der Waals surface area contributed by atoms with Crippen LogP contribution in [0.1, 0.15) is 49.4 Å². The summed E-state index contributed by atoms with van der Waals surface area (Å²) in [7, 11) is 3.97. The number of aromatic nitrogens is 2. The zero-order valence-electron chi connectivity index (χ0n) is 27.9. The number of aryl methyl sites for hydroxylation is 3. The number of carboxylic acid groups (broad SMARTS) is 1. The molecule has 3 aromatic rings. The second-order valence-electron chi connectivity index (χ2n) is 12.3. The molecule has 0 saturated carbocycles. The molecule has 1 saturated heterocycles. The average molecular weight is 662 g/mol. The predicted octanol–water partition coefficient (Wildman–Crippen LogP) is 2.24. The number of likely N-dealkylation sites (N-methyl/N-ethyl adjacent to an activating group) is 1. The summed E-state index contributed by atoms with van der Waals surface area (Å²) in [6, 6.07) is 10.7. The van der Waals surface area contributed by atoms with Crippen LogP contribution in [0.3, 0.4) is 0 Å². The molecule has 256 valence electrons. The quantitative estimate of drug-likeness (QED) is 0.150. The smallest absolute Gasteiger partial charge is 0.394 e. The Labute approximate surface area is 280 Å². The van der Waals surface area contributed by atoms with Crippen LogP contribution in [0.4, 0.5) is 23.0 Å². The zero-order chi connectivity index (χ0) is 35.0. The number of pyridine rings is 2. The van der Waals surface area contributed by atoms with Crippen LogP contribution in [0.15, 0.2) is 48.8 Å². The van der Waals surface area contributed by atoms with Crippen LogP contribution in [0.5, 0.6) is 5.75 Å². The number of nitrogens with two attached hydrogens (primary N) is 2. The molecular weight excluding hydrogens is 616 g/mol. The molecule has 4 rings (SSSR count). The number of ether oxygens (including phenoxy) is 1. The number of carbonyl (C=O) groups excluding carboxylic acids is 3. The minimum Gasteiger partial charge on any atom is -0.492 e. The number of aliphatic carboxylic acids is 1. The summed E-state index contributed by atoms with van der Waals surface area (Å²) >= 11 is 0. The molecule has 0 radical (unpaired) electrons. The number of carbonyl (C=O) groups is 4. The van der Waals surface area contributed by atoms with Gasteiger partial charge in [0.25, 0.3) is 5.82 Å². The lowest BCUT2D eigenvalue weighted by atomic mass is 9.89. The molecule has 0 bridgehead atoms. The summed E-state index contributed by atoms with van der Waals surface area (Å²) < 4.78 is 7.50. The minimum absolute atomic E-state index is 0.239. The number of nitrogen functional groups attached to an aromatic ring is 2. The van der Waals surface area contributed by atoms with E-state index in [4.69, 9.17) is 21.3 Å². The molecule has 14 heteroatoms. The molecule has 14 nitrogen and oxygen atoms in total. The van der Waals surface area contributed by atoms with Crippen LogP contribution in [0, 0.1) is 5.92 Å². The molecule has 0 aliphatic carbocycles. The number of nitrogens with zero attached hydrogens (tertiary/aromatic N) is 4. The summed E-state index contributed by atoms with van der Waals surface area (Å²) in [5, 5.41) is 14.0. The number of benzene rings is 1. The van der Waals surface area contributed by atoms with Gasteiger partial charge in [0.1, 0.15) is 24.4 Å². The maximum atomic E-state index is 13.6. The van der Waals surface area contributed by atoms with Crippen molar-refractivity contribution >= 4 is 46.7 Å². The SMILES string of the molecule is CCc1cc(NC(=O)C(=O)O)c[n+](CCc2cc(NC(=O)C(=O)N3C[C@@H](C)CC[C@@H]3c3ccc(OCCN(C)C)cc3)cnc2N)c1N. The van der Waals surface area contributed by atoms with Crippen molar-refractivity contribution in [2.75, 3.05) is 55.9 Å². The van der Waals surface area contributed by atoms with Crippen LogP contribution in [0.2, 0.25) is 0 Å². The molecule has 1 aliphatic heterocycles. The van der Waals surface area contributed by atoms with Crippen LogP contribution in [-0.2, 0) is 38.6 Å². The van der Waals surface area contributed by atoms with E-state index in [1.165, 1.54) is 6.20 Å². The molecule has 3 amide bonds. The predicted molar refractivity (Wildman–Crippen MR) is 181 cm³/mol. The largest absolute Gasteiger partial charge is 0.492 e. The summed E-state index contributed by atoms with van der Waals surface area (Å²) in [5.41, 5.74) is 15.4. The first kappa shape index (κ1) is 35.6. The summed E-state index contributed by atoms with van der Waals surface area (Å²) in [6.45, 7) is 6.07. The maximum Gasteiger partial charge on any atom is 0.394 e. The van der Waals surface area contributed by atoms with Crippen LogP contribution >= 0.6 is 0 Å². The van der Waals surface area contributed by atoms with Gasteiger partial charge in [-0.15, -0.1) is 0 Å². The molecule has 2 aromatic heterocycles. The van der Waals surface area contributed by atoms with Gasteiger partial charge < -0.3 is 36.0 Å². The second-order valence-corrected chi connectivity index (χ2v) is 12.3. The number of hydrogen-bond acceptors (Lipinski definition) is 9. The number of piperidine rings is 1. The van der Waals surface area contributed by atoms with Gasteiger partial charge in [0.05, 0.1) is 30.2 Å². The van der Waals surface area contributed by atoms with Gasteiger partial charge in [0, 0.05) is 30.6 Å². The number of anilines is 4. The van der Waals surface area contributed by atoms with E-state index in [1.54, 1.807) is 27.8 Å². The standard InChI is InChI=1S/C34H44N8O6/c1-5-22-16-26(39-32(44)34(46)47)20-41(30(22)36)13-12-24-17-25(18-37-29(24)35)38-31(43)33(45)42-19-21(2)6-11-28(42)23-7-9-27(10-8-23)48-15-14-40(3)4/h7-10,16-18,20-21,28,36H,5-6,11-15,19H2,1-4H3,(H5,35,37,38,39,43,44,45,46,47)/p+1/t21-,28+/m0/s1. The van der Waals surface area contributed by atoms with Crippen molar-refractivity contribution in [2.45, 2.75) is 52.1 Å². The molecule has 0 unspecified atom stereocenters. The number of likely N-dealkylation sites (tertiary alicyclic amines) is 1. The fraction of sp³-hybridized carbons (Fsp3) is 0.412. The number of hydrogen-bond donors (Lipinski definition) is 5. The van der Waals surface area contributed by atoms with Crippen molar-refractivity contribution in [3.05, 3.63) is 65.5 Å². The normalized spacial score (nSPS) is 16.0. The summed E-state index contributed by atoms with van der Waals surface area (Å²) in [4.78, 5) is 57.5. The van der Waals surface area contributed by atoms with Gasteiger partial charge >= 0.3 is 23.7 Å². The van der Waals surface area contributed by atoms with Crippen molar-refractivity contribution in [2.24, 2.45) is 5.92 Å². The van der Waals surface area contributed by atoms with Crippen molar-refractivity contribution in [1.29, 1.82) is 0 Å². The van der Waals surface area contributed by atoms with E-state index in [1.807, 2.05) is 50.2 Å². The van der Waals surface area contributed by atoms with E-state index in [9.17, 15) is 19.2 Å². The Hall–Kier alpha value is -5.24. The first-order valence-corrected chi connectivity index (χ1v) is 16.0. The van der Waals surface area contributed by atoms with Gasteiger partial charge in [-0.1, -0.05) is 26.0 Å². The van der Waals surface area contributed by atoms with Gasteiger partial charge in [0.2, 0.25) is 0 Å². The lowest BCUT2D eigenvalue weighted by Gasteiger charge is -2.38. The lowest BCUT2D eigenvalue weighted by Crippen LogP contribution is -2.46. The molecule has 48 heavy (non-hydrogen) atoms. The van der Waals surface area contributed by atoms with Gasteiger partial charge in [-0.05, 0) is 69.1 Å². The van der Waals surface area contributed by atoms with Gasteiger partial charge in [0.15, 0.2) is 0 Å². The number of amides is 3. The van der Waals surface area contributed by atoms with Crippen molar-refractivity contribution in [1.82, 2.24) is 14.8 Å². The topological polar surface area (TPSA) is 197 Å². The monoisotopic (exact) mass is 661 g/mol. The van der Waals surface area contributed by atoms with E-state index in [0.29, 0.717) is 49.6 Å². The molecule has 1 fully saturated rings.